The Morgan fingerprint density at radius 2 is 1.80 bits per heavy atom. The number of ketones is 1. The third kappa shape index (κ3) is 2.99. The van der Waals surface area contributed by atoms with Gasteiger partial charge in [0.1, 0.15) is 17.5 Å². The average Bonchev–Trinajstić information content (AvgIpc) is 3.49. The van der Waals surface area contributed by atoms with E-state index in [2.05, 4.69) is 31.1 Å². The van der Waals surface area contributed by atoms with Crippen molar-refractivity contribution in [2.24, 2.45) is 28.6 Å². The van der Waals surface area contributed by atoms with Crippen molar-refractivity contribution in [3.63, 3.8) is 0 Å². The van der Waals surface area contributed by atoms with Crippen LogP contribution in [0.4, 0.5) is 0 Å². The Kier molecular flexibility index (Phi) is 4.65. The largest absolute Gasteiger partial charge is 0.363 e. The normalized spacial score (nSPS) is 36.4. The van der Waals surface area contributed by atoms with E-state index < -0.39 is 0 Å². The lowest BCUT2D eigenvalue weighted by atomic mass is 9.46. The molecule has 0 unspecified atom stereocenters. The van der Waals surface area contributed by atoms with Gasteiger partial charge >= 0.3 is 0 Å². The summed E-state index contributed by atoms with van der Waals surface area (Å²) in [6.45, 7) is 4.99. The molecule has 0 bridgehead atoms. The SMILES string of the molecule is C[C@]12CC[C@H]3[C@@H](CCC4=CC(=O)CC[C@@]43C)[C@@H]1CC[C@@H]2c1nnc(-c2ccccc2)c2nocc12. The molecule has 4 aliphatic rings. The summed E-state index contributed by atoms with van der Waals surface area (Å²) in [4.78, 5) is 12.2. The van der Waals surface area contributed by atoms with Crippen LogP contribution < -0.4 is 0 Å². The molecule has 2 aromatic heterocycles. The monoisotopic (exact) mass is 467 g/mol. The van der Waals surface area contributed by atoms with Gasteiger partial charge in [-0.3, -0.25) is 4.79 Å². The van der Waals surface area contributed by atoms with Crippen molar-refractivity contribution in [3.05, 3.63) is 53.9 Å². The molecule has 35 heavy (non-hydrogen) atoms. The molecule has 0 saturated heterocycles. The lowest BCUT2D eigenvalue weighted by Crippen LogP contribution is -2.50. The van der Waals surface area contributed by atoms with Crippen molar-refractivity contribution in [1.82, 2.24) is 15.4 Å². The van der Waals surface area contributed by atoms with Gasteiger partial charge in [-0.05, 0) is 79.6 Å². The highest BCUT2D eigenvalue weighted by Gasteiger charge is 2.59. The minimum atomic E-state index is 0.217. The minimum absolute atomic E-state index is 0.217. The number of rotatable bonds is 2. The molecule has 0 amide bonds. The average molecular weight is 468 g/mol. The van der Waals surface area contributed by atoms with E-state index >= 15 is 0 Å². The van der Waals surface area contributed by atoms with E-state index in [0.717, 1.165) is 59.5 Å². The zero-order chi connectivity index (χ0) is 23.8. The number of allylic oxidation sites excluding steroid dienone is 1. The number of fused-ring (bicyclic) bond motifs is 6. The fourth-order valence-corrected chi connectivity index (χ4v) is 8.85. The van der Waals surface area contributed by atoms with Gasteiger partial charge in [-0.15, -0.1) is 5.10 Å². The first-order chi connectivity index (χ1) is 17.0. The molecule has 2 heterocycles. The summed E-state index contributed by atoms with van der Waals surface area (Å²) >= 11 is 0. The third-order valence-corrected chi connectivity index (χ3v) is 10.7. The maximum Gasteiger partial charge on any atom is 0.155 e. The van der Waals surface area contributed by atoms with Gasteiger partial charge in [-0.2, -0.15) is 5.10 Å². The number of nitrogens with zero attached hydrogens (tertiary/aromatic N) is 3. The standard InChI is InChI=1S/C30H33N3O2/c1-29-14-12-20(34)16-19(29)8-9-21-23-10-11-25(30(23,2)15-13-24(21)29)27-22-17-35-33-28(22)26(31-32-27)18-6-4-3-5-7-18/h3-7,16-17,21,23-25H,8-15H2,1-2H3/t21-,23-,24-,25+,29-,30-/m0/s1. The van der Waals surface area contributed by atoms with E-state index in [1.54, 1.807) is 6.26 Å². The Hall–Kier alpha value is -2.82. The molecule has 0 spiro atoms. The van der Waals surface area contributed by atoms with Gasteiger partial charge in [-0.25, -0.2) is 0 Å². The highest BCUT2D eigenvalue weighted by molar-refractivity contribution is 5.92. The summed E-state index contributed by atoms with van der Waals surface area (Å²) in [6.07, 6.45) is 12.8. The number of hydrogen-bond donors (Lipinski definition) is 0. The van der Waals surface area contributed by atoms with E-state index in [1.807, 2.05) is 24.3 Å². The van der Waals surface area contributed by atoms with Crippen LogP contribution in [0.25, 0.3) is 22.2 Å². The summed E-state index contributed by atoms with van der Waals surface area (Å²) in [7, 11) is 0. The smallest absolute Gasteiger partial charge is 0.155 e. The van der Waals surface area contributed by atoms with Crippen LogP contribution >= 0.6 is 0 Å². The molecule has 0 N–H and O–H groups in total. The van der Waals surface area contributed by atoms with Crippen LogP contribution in [0.3, 0.4) is 0 Å². The van der Waals surface area contributed by atoms with Crippen LogP contribution in [0, 0.1) is 28.6 Å². The summed E-state index contributed by atoms with van der Waals surface area (Å²) in [5, 5.41) is 15.0. The van der Waals surface area contributed by atoms with Crippen LogP contribution in [0.15, 0.2) is 52.8 Å². The molecule has 0 aliphatic heterocycles. The van der Waals surface area contributed by atoms with Gasteiger partial charge in [0.25, 0.3) is 0 Å². The predicted molar refractivity (Wildman–Crippen MR) is 134 cm³/mol. The zero-order valence-electron chi connectivity index (χ0n) is 20.7. The lowest BCUT2D eigenvalue weighted by Gasteiger charge is -2.58. The first-order valence-corrected chi connectivity index (χ1v) is 13.4. The summed E-state index contributed by atoms with van der Waals surface area (Å²) in [6, 6.07) is 10.2. The topological polar surface area (TPSA) is 68.9 Å². The zero-order valence-corrected chi connectivity index (χ0v) is 20.7. The summed E-state index contributed by atoms with van der Waals surface area (Å²) in [5.41, 5.74) is 5.61. The number of hydrogen-bond acceptors (Lipinski definition) is 5. The Morgan fingerprint density at radius 1 is 0.943 bits per heavy atom. The van der Waals surface area contributed by atoms with Gasteiger partial charge in [0.15, 0.2) is 5.78 Å². The molecule has 180 valence electrons. The summed E-state index contributed by atoms with van der Waals surface area (Å²) in [5.74, 6) is 2.86. The molecule has 0 radical (unpaired) electrons. The van der Waals surface area contributed by atoms with Gasteiger partial charge in [-0.1, -0.05) is 54.9 Å². The molecule has 6 atom stereocenters. The molecule has 3 fully saturated rings. The van der Waals surface area contributed by atoms with Crippen molar-refractivity contribution in [2.75, 3.05) is 0 Å². The highest BCUT2D eigenvalue weighted by Crippen LogP contribution is 2.68. The van der Waals surface area contributed by atoms with Gasteiger partial charge in [0.2, 0.25) is 0 Å². The Morgan fingerprint density at radius 3 is 2.66 bits per heavy atom. The van der Waals surface area contributed by atoms with Crippen LogP contribution in [0.2, 0.25) is 0 Å². The van der Waals surface area contributed by atoms with E-state index in [4.69, 9.17) is 14.7 Å². The Labute approximate surface area is 206 Å². The number of carbonyl (C=O) groups excluding carboxylic acids is 1. The van der Waals surface area contributed by atoms with Crippen LogP contribution in [-0.2, 0) is 4.79 Å². The van der Waals surface area contributed by atoms with Gasteiger partial charge in [0.05, 0.1) is 11.1 Å². The van der Waals surface area contributed by atoms with Crippen molar-refractivity contribution in [3.8, 4) is 11.3 Å². The second-order valence-corrected chi connectivity index (χ2v) is 12.0. The molecule has 5 nitrogen and oxygen atoms in total. The van der Waals surface area contributed by atoms with E-state index in [0.29, 0.717) is 23.5 Å². The Bertz CT molecular complexity index is 1340. The fraction of sp³-hybridized carbons (Fsp3) is 0.533. The second-order valence-electron chi connectivity index (χ2n) is 12.0. The van der Waals surface area contributed by atoms with Crippen molar-refractivity contribution in [1.29, 1.82) is 0 Å². The molecular weight excluding hydrogens is 434 g/mol. The first kappa shape index (κ1) is 21.5. The summed E-state index contributed by atoms with van der Waals surface area (Å²) < 4.78 is 5.50. The number of carbonyl (C=O) groups is 1. The van der Waals surface area contributed by atoms with E-state index in [1.165, 1.54) is 31.3 Å². The van der Waals surface area contributed by atoms with Gasteiger partial charge in [0, 0.05) is 17.9 Å². The van der Waals surface area contributed by atoms with Crippen LogP contribution in [0.1, 0.15) is 76.8 Å². The first-order valence-electron chi connectivity index (χ1n) is 13.4. The number of benzene rings is 1. The maximum absolute atomic E-state index is 12.2. The lowest BCUT2D eigenvalue weighted by molar-refractivity contribution is -0.117. The molecule has 3 aromatic rings. The van der Waals surface area contributed by atoms with Gasteiger partial charge < -0.3 is 4.52 Å². The van der Waals surface area contributed by atoms with Crippen molar-refractivity contribution >= 4 is 16.7 Å². The maximum atomic E-state index is 12.2. The van der Waals surface area contributed by atoms with Crippen LogP contribution in [-0.4, -0.2) is 21.1 Å². The van der Waals surface area contributed by atoms with E-state index in [9.17, 15) is 4.79 Å². The fourth-order valence-electron chi connectivity index (χ4n) is 8.85. The molecule has 1 aromatic carbocycles. The second kappa shape index (κ2) is 7.59. The number of aromatic nitrogens is 3. The predicted octanol–water partition coefficient (Wildman–Crippen LogP) is 6.90. The highest BCUT2D eigenvalue weighted by atomic mass is 16.5. The molecule has 7 rings (SSSR count). The molecule has 4 aliphatic carbocycles. The van der Waals surface area contributed by atoms with Crippen LogP contribution in [0.5, 0.6) is 0 Å². The molecule has 5 heteroatoms. The van der Waals surface area contributed by atoms with E-state index in [-0.39, 0.29) is 10.8 Å². The van der Waals surface area contributed by atoms with Crippen molar-refractivity contribution < 1.29 is 9.32 Å². The van der Waals surface area contributed by atoms with Crippen molar-refractivity contribution in [2.45, 2.75) is 71.1 Å². The molecule has 3 saturated carbocycles. The minimum Gasteiger partial charge on any atom is -0.363 e. The molecular formula is C30H33N3O2. The quantitative estimate of drug-likeness (QED) is 0.410. The third-order valence-electron chi connectivity index (χ3n) is 10.7. The Balaban J connectivity index is 1.25.